The van der Waals surface area contributed by atoms with E-state index in [4.69, 9.17) is 9.47 Å². The Morgan fingerprint density at radius 3 is 2.44 bits per heavy atom. The van der Waals surface area contributed by atoms with Gasteiger partial charge in [-0.25, -0.2) is 4.79 Å². The molecule has 0 bridgehead atoms. The van der Waals surface area contributed by atoms with Gasteiger partial charge in [0, 0.05) is 0 Å². The molecule has 0 atom stereocenters. The molecule has 3 heteroatoms. The number of hydrogen-bond donors (Lipinski definition) is 0. The number of ether oxygens (including phenoxy) is 2. The highest BCUT2D eigenvalue weighted by Crippen LogP contribution is 2.24. The highest BCUT2D eigenvalue weighted by molar-refractivity contribution is 5.71. The first kappa shape index (κ1) is 14.6. The molecule has 0 aliphatic heterocycles. The van der Waals surface area contributed by atoms with E-state index in [1.165, 1.54) is 5.56 Å². The van der Waals surface area contributed by atoms with Crippen molar-refractivity contribution in [1.29, 1.82) is 0 Å². The molecule has 0 saturated carbocycles. The second kappa shape index (κ2) is 6.43. The summed E-state index contributed by atoms with van der Waals surface area (Å²) in [5.74, 6) is 0.858. The van der Waals surface area contributed by atoms with E-state index >= 15 is 0 Å². The topological polar surface area (TPSA) is 35.5 Å². The summed E-state index contributed by atoms with van der Waals surface area (Å²) in [7, 11) is 0. The van der Waals surface area contributed by atoms with E-state index in [-0.39, 0.29) is 18.7 Å². The summed E-state index contributed by atoms with van der Waals surface area (Å²) < 4.78 is 10.5. The van der Waals surface area contributed by atoms with E-state index in [1.807, 2.05) is 32.9 Å². The summed E-state index contributed by atoms with van der Waals surface area (Å²) in [5, 5.41) is 0. The van der Waals surface area contributed by atoms with E-state index in [0.29, 0.717) is 5.92 Å². The first-order valence-electron chi connectivity index (χ1n) is 6.33. The Morgan fingerprint density at radius 2 is 1.89 bits per heavy atom. The van der Waals surface area contributed by atoms with Crippen molar-refractivity contribution in [2.75, 3.05) is 6.61 Å². The molecule has 0 aromatic heterocycles. The van der Waals surface area contributed by atoms with Gasteiger partial charge < -0.3 is 9.47 Å². The van der Waals surface area contributed by atoms with Crippen LogP contribution in [0.3, 0.4) is 0 Å². The highest BCUT2D eigenvalue weighted by Gasteiger charge is 2.09. The fraction of sp³-hybridized carbons (Fsp3) is 0.533. The van der Waals surface area contributed by atoms with Crippen molar-refractivity contribution >= 4 is 5.97 Å². The molecule has 0 spiro atoms. The largest absolute Gasteiger partial charge is 0.482 e. The number of benzene rings is 1. The van der Waals surface area contributed by atoms with E-state index < -0.39 is 0 Å². The number of hydrogen-bond acceptors (Lipinski definition) is 3. The lowest BCUT2D eigenvalue weighted by molar-refractivity contribution is -0.149. The second-order valence-electron chi connectivity index (χ2n) is 5.01. The van der Waals surface area contributed by atoms with Gasteiger partial charge in [-0.05, 0) is 43.9 Å². The zero-order valence-electron chi connectivity index (χ0n) is 11.8. The maximum atomic E-state index is 11.4. The zero-order valence-corrected chi connectivity index (χ0v) is 11.8. The molecule has 0 radical (unpaired) electrons. The molecule has 0 N–H and O–H groups in total. The van der Waals surface area contributed by atoms with Crippen LogP contribution in [0.2, 0.25) is 0 Å². The first-order chi connectivity index (χ1) is 8.40. The molecular weight excluding hydrogens is 228 g/mol. The lowest BCUT2D eigenvalue weighted by Gasteiger charge is -2.13. The molecule has 0 aliphatic carbocycles. The Labute approximate surface area is 109 Å². The molecule has 1 aromatic rings. The Bertz CT molecular complexity index is 408. The number of carbonyl (C=O) groups excluding carboxylic acids is 1. The molecular formula is C15H22O3. The molecule has 0 unspecified atom stereocenters. The smallest absolute Gasteiger partial charge is 0.344 e. The average Bonchev–Trinajstić information content (AvgIpc) is 2.26. The minimum atomic E-state index is -0.334. The third kappa shape index (κ3) is 4.40. The van der Waals surface area contributed by atoms with Crippen LogP contribution in [-0.2, 0) is 9.53 Å². The lowest BCUT2D eigenvalue weighted by atomic mass is 10.0. The molecule has 0 aliphatic rings. The lowest BCUT2D eigenvalue weighted by Crippen LogP contribution is -2.19. The summed E-state index contributed by atoms with van der Waals surface area (Å²) in [6.45, 7) is 9.82. The number of carbonyl (C=O) groups is 1. The fourth-order valence-electron chi connectivity index (χ4n) is 1.56. The predicted octanol–water partition coefficient (Wildman–Crippen LogP) is 3.45. The van der Waals surface area contributed by atoms with Gasteiger partial charge in [-0.3, -0.25) is 0 Å². The monoisotopic (exact) mass is 250 g/mol. The second-order valence-corrected chi connectivity index (χ2v) is 5.01. The van der Waals surface area contributed by atoms with Crippen LogP contribution in [0.1, 0.15) is 44.7 Å². The summed E-state index contributed by atoms with van der Waals surface area (Å²) >= 11 is 0. The Hall–Kier alpha value is -1.51. The first-order valence-corrected chi connectivity index (χ1v) is 6.33. The van der Waals surface area contributed by atoms with E-state index in [1.54, 1.807) is 0 Å². The minimum absolute atomic E-state index is 0.0411. The quantitative estimate of drug-likeness (QED) is 0.751. The van der Waals surface area contributed by atoms with Crippen molar-refractivity contribution in [2.24, 2.45) is 0 Å². The SMILES string of the molecule is Cc1ccc(C(C)C)cc1OCC(=O)OC(C)C. The summed E-state index contributed by atoms with van der Waals surface area (Å²) in [5.41, 5.74) is 2.23. The van der Waals surface area contributed by atoms with Gasteiger partial charge in [-0.1, -0.05) is 26.0 Å². The van der Waals surface area contributed by atoms with Gasteiger partial charge >= 0.3 is 5.97 Å². The Morgan fingerprint density at radius 1 is 1.22 bits per heavy atom. The van der Waals surface area contributed by atoms with Crippen molar-refractivity contribution in [3.63, 3.8) is 0 Å². The van der Waals surface area contributed by atoms with Crippen LogP contribution in [0.4, 0.5) is 0 Å². The number of rotatable bonds is 5. The van der Waals surface area contributed by atoms with E-state index in [0.717, 1.165) is 11.3 Å². The Balaban J connectivity index is 2.66. The number of aryl methyl sites for hydroxylation is 1. The summed E-state index contributed by atoms with van der Waals surface area (Å²) in [6.07, 6.45) is -0.107. The van der Waals surface area contributed by atoms with Crippen LogP contribution in [0, 0.1) is 6.92 Å². The van der Waals surface area contributed by atoms with Crippen LogP contribution in [-0.4, -0.2) is 18.7 Å². The van der Waals surface area contributed by atoms with Crippen LogP contribution in [0.5, 0.6) is 5.75 Å². The van der Waals surface area contributed by atoms with Gasteiger partial charge in [0.25, 0.3) is 0 Å². The van der Waals surface area contributed by atoms with Crippen molar-refractivity contribution < 1.29 is 14.3 Å². The van der Waals surface area contributed by atoms with Gasteiger partial charge in [0.05, 0.1) is 6.10 Å². The van der Waals surface area contributed by atoms with Crippen LogP contribution < -0.4 is 4.74 Å². The van der Waals surface area contributed by atoms with Gasteiger partial charge in [0.2, 0.25) is 0 Å². The molecule has 0 fully saturated rings. The molecule has 1 rings (SSSR count). The van der Waals surface area contributed by atoms with Crippen molar-refractivity contribution in [2.45, 2.75) is 46.6 Å². The molecule has 100 valence electrons. The predicted molar refractivity (Wildman–Crippen MR) is 72.0 cm³/mol. The molecule has 3 nitrogen and oxygen atoms in total. The van der Waals surface area contributed by atoms with Gasteiger partial charge in [0.15, 0.2) is 6.61 Å². The third-order valence-corrected chi connectivity index (χ3v) is 2.59. The van der Waals surface area contributed by atoms with Crippen molar-refractivity contribution in [1.82, 2.24) is 0 Å². The molecule has 18 heavy (non-hydrogen) atoms. The summed E-state index contributed by atoms with van der Waals surface area (Å²) in [4.78, 5) is 11.4. The molecule has 1 aromatic carbocycles. The maximum Gasteiger partial charge on any atom is 0.344 e. The molecule has 0 heterocycles. The average molecular weight is 250 g/mol. The van der Waals surface area contributed by atoms with Crippen molar-refractivity contribution in [3.8, 4) is 5.75 Å². The maximum absolute atomic E-state index is 11.4. The van der Waals surface area contributed by atoms with Crippen molar-refractivity contribution in [3.05, 3.63) is 29.3 Å². The van der Waals surface area contributed by atoms with Gasteiger partial charge in [-0.2, -0.15) is 0 Å². The Kier molecular flexibility index (Phi) is 5.20. The number of esters is 1. The van der Waals surface area contributed by atoms with Crippen LogP contribution >= 0.6 is 0 Å². The molecule has 0 saturated heterocycles. The molecule has 0 amide bonds. The van der Waals surface area contributed by atoms with Gasteiger partial charge in [-0.15, -0.1) is 0 Å². The van der Waals surface area contributed by atoms with E-state index in [2.05, 4.69) is 19.9 Å². The standard InChI is InChI=1S/C15H22O3/c1-10(2)13-7-6-12(5)14(8-13)17-9-15(16)18-11(3)4/h6-8,10-11H,9H2,1-5H3. The minimum Gasteiger partial charge on any atom is -0.482 e. The zero-order chi connectivity index (χ0) is 13.7. The fourth-order valence-corrected chi connectivity index (χ4v) is 1.56. The highest BCUT2D eigenvalue weighted by atomic mass is 16.6. The normalized spacial score (nSPS) is 10.8. The van der Waals surface area contributed by atoms with Gasteiger partial charge in [0.1, 0.15) is 5.75 Å². The van der Waals surface area contributed by atoms with Crippen LogP contribution in [0.25, 0.3) is 0 Å². The summed E-state index contributed by atoms with van der Waals surface area (Å²) in [6, 6.07) is 6.08. The van der Waals surface area contributed by atoms with Crippen LogP contribution in [0.15, 0.2) is 18.2 Å². The van der Waals surface area contributed by atoms with E-state index in [9.17, 15) is 4.79 Å². The third-order valence-electron chi connectivity index (χ3n) is 2.59.